The summed E-state index contributed by atoms with van der Waals surface area (Å²) in [4.78, 5) is 0. The van der Waals surface area contributed by atoms with E-state index in [4.69, 9.17) is 4.42 Å². The number of furan rings is 1. The van der Waals surface area contributed by atoms with Crippen molar-refractivity contribution in [2.75, 3.05) is 0 Å². The normalized spacial score (nSPS) is 12.7. The second-order valence-corrected chi connectivity index (χ2v) is 5.13. The zero-order chi connectivity index (χ0) is 12.4. The molecule has 0 amide bonds. The van der Waals surface area contributed by atoms with E-state index in [-0.39, 0.29) is 0 Å². The fraction of sp³-hybridized carbons (Fsp3) is 0.286. The van der Waals surface area contributed by atoms with Gasteiger partial charge in [-0.1, -0.05) is 28.1 Å². The fourth-order valence-electron chi connectivity index (χ4n) is 1.98. The van der Waals surface area contributed by atoms with Crippen LogP contribution in [0.3, 0.4) is 0 Å². The minimum absolute atomic E-state index is 0.512. The topological polar surface area (TPSA) is 33.4 Å². The third kappa shape index (κ3) is 2.99. The zero-order valence-corrected chi connectivity index (χ0v) is 11.5. The monoisotopic (exact) mass is 294 g/mol. The molecule has 1 N–H and O–H groups in total. The first-order chi connectivity index (χ1) is 8.06. The van der Waals surface area contributed by atoms with Gasteiger partial charge in [0.2, 0.25) is 0 Å². The number of aliphatic hydroxyl groups excluding tert-OH is 1. The number of hydrogen-bond acceptors (Lipinski definition) is 2. The molecule has 2 aromatic rings. The molecule has 0 spiro atoms. The molecule has 1 aromatic heterocycles. The fourth-order valence-corrected chi connectivity index (χ4v) is 2.43. The van der Waals surface area contributed by atoms with Crippen LogP contribution in [0.25, 0.3) is 0 Å². The van der Waals surface area contributed by atoms with Crippen LogP contribution in [-0.4, -0.2) is 5.11 Å². The molecule has 1 heterocycles. The summed E-state index contributed by atoms with van der Waals surface area (Å²) in [6.07, 6.45) is 0.0842. The van der Waals surface area contributed by atoms with Crippen LogP contribution in [0.15, 0.2) is 39.2 Å². The predicted molar refractivity (Wildman–Crippen MR) is 71.0 cm³/mol. The van der Waals surface area contributed by atoms with Crippen molar-refractivity contribution in [2.24, 2.45) is 0 Å². The molecule has 0 aliphatic heterocycles. The quantitative estimate of drug-likeness (QED) is 0.930. The van der Waals surface area contributed by atoms with Gasteiger partial charge in [-0.05, 0) is 37.6 Å². The number of rotatable bonds is 3. The largest absolute Gasteiger partial charge is 0.466 e. The minimum Gasteiger partial charge on any atom is -0.466 e. The Kier molecular flexibility index (Phi) is 3.69. The average Bonchev–Trinajstić information content (AvgIpc) is 2.58. The summed E-state index contributed by atoms with van der Waals surface area (Å²) in [5.74, 6) is 1.63. The van der Waals surface area contributed by atoms with E-state index >= 15 is 0 Å². The molecule has 0 fully saturated rings. The first-order valence-electron chi connectivity index (χ1n) is 5.55. The third-order valence-electron chi connectivity index (χ3n) is 2.76. The summed E-state index contributed by atoms with van der Waals surface area (Å²) < 4.78 is 6.46. The maximum atomic E-state index is 10.2. The van der Waals surface area contributed by atoms with Gasteiger partial charge in [0.15, 0.2) is 0 Å². The molecule has 3 heteroatoms. The highest BCUT2D eigenvalue weighted by Gasteiger charge is 2.14. The van der Waals surface area contributed by atoms with Crippen molar-refractivity contribution < 1.29 is 9.52 Å². The van der Waals surface area contributed by atoms with E-state index in [1.54, 1.807) is 0 Å². The Morgan fingerprint density at radius 2 is 2.06 bits per heavy atom. The molecule has 1 aromatic carbocycles. The Bertz CT molecular complexity index is 517. The van der Waals surface area contributed by atoms with Crippen LogP contribution >= 0.6 is 15.9 Å². The molecular formula is C14H15BrO2. The Morgan fingerprint density at radius 1 is 1.29 bits per heavy atom. The molecule has 0 aliphatic rings. The maximum Gasteiger partial charge on any atom is 0.106 e. The first kappa shape index (κ1) is 12.4. The maximum absolute atomic E-state index is 10.2. The minimum atomic E-state index is -0.512. The van der Waals surface area contributed by atoms with E-state index in [2.05, 4.69) is 15.9 Å². The van der Waals surface area contributed by atoms with Gasteiger partial charge in [0, 0.05) is 16.5 Å². The zero-order valence-electron chi connectivity index (χ0n) is 9.90. The van der Waals surface area contributed by atoms with Gasteiger partial charge in [0.1, 0.15) is 11.5 Å². The number of aliphatic hydroxyl groups is 1. The van der Waals surface area contributed by atoms with Gasteiger partial charge in [-0.25, -0.2) is 0 Å². The van der Waals surface area contributed by atoms with Gasteiger partial charge >= 0.3 is 0 Å². The van der Waals surface area contributed by atoms with Crippen molar-refractivity contribution in [3.05, 3.63) is 57.5 Å². The Morgan fingerprint density at radius 3 is 2.65 bits per heavy atom. The molecule has 17 heavy (non-hydrogen) atoms. The molecule has 1 atom stereocenters. The lowest BCUT2D eigenvalue weighted by Gasteiger charge is -2.09. The van der Waals surface area contributed by atoms with E-state index in [9.17, 15) is 5.11 Å². The van der Waals surface area contributed by atoms with Gasteiger partial charge in [-0.15, -0.1) is 0 Å². The van der Waals surface area contributed by atoms with Crippen LogP contribution < -0.4 is 0 Å². The van der Waals surface area contributed by atoms with Crippen molar-refractivity contribution in [1.82, 2.24) is 0 Å². The average molecular weight is 295 g/mol. The van der Waals surface area contributed by atoms with Crippen LogP contribution in [0, 0.1) is 13.8 Å². The molecule has 2 rings (SSSR count). The van der Waals surface area contributed by atoms with Gasteiger partial charge in [-0.2, -0.15) is 0 Å². The molecule has 0 bridgehead atoms. The highest BCUT2D eigenvalue weighted by molar-refractivity contribution is 9.10. The van der Waals surface area contributed by atoms with Gasteiger partial charge in [0.25, 0.3) is 0 Å². The van der Waals surface area contributed by atoms with Crippen molar-refractivity contribution in [2.45, 2.75) is 26.4 Å². The van der Waals surface area contributed by atoms with Crippen molar-refractivity contribution in [3.8, 4) is 0 Å². The van der Waals surface area contributed by atoms with Crippen molar-refractivity contribution in [1.29, 1.82) is 0 Å². The van der Waals surface area contributed by atoms with E-state index < -0.39 is 6.10 Å². The number of hydrogen-bond donors (Lipinski definition) is 1. The Hall–Kier alpha value is -1.06. The molecule has 90 valence electrons. The Balaban J connectivity index is 2.16. The lowest BCUT2D eigenvalue weighted by atomic mass is 10.0. The molecule has 0 radical (unpaired) electrons. The SMILES string of the molecule is Cc1cc(C(O)Cc2cccc(Br)c2)c(C)o1. The smallest absolute Gasteiger partial charge is 0.106 e. The van der Waals surface area contributed by atoms with Crippen LogP contribution in [0.1, 0.15) is 28.8 Å². The van der Waals surface area contributed by atoms with E-state index in [1.165, 1.54) is 0 Å². The van der Waals surface area contributed by atoms with Gasteiger partial charge in [-0.3, -0.25) is 0 Å². The van der Waals surface area contributed by atoms with E-state index in [0.29, 0.717) is 6.42 Å². The molecule has 0 saturated heterocycles. The predicted octanol–water partition coefficient (Wildman–Crippen LogP) is 3.94. The number of aryl methyl sites for hydroxylation is 2. The standard InChI is InChI=1S/C14H15BrO2/c1-9-6-13(10(2)17-9)14(16)8-11-4-3-5-12(15)7-11/h3-7,14,16H,8H2,1-2H3. The van der Waals surface area contributed by atoms with E-state index in [0.717, 1.165) is 27.1 Å². The summed E-state index contributed by atoms with van der Waals surface area (Å²) >= 11 is 3.43. The van der Waals surface area contributed by atoms with E-state index in [1.807, 2.05) is 44.2 Å². The van der Waals surface area contributed by atoms with Gasteiger partial charge < -0.3 is 9.52 Å². The van der Waals surface area contributed by atoms with Gasteiger partial charge in [0.05, 0.1) is 6.10 Å². The molecule has 1 unspecified atom stereocenters. The van der Waals surface area contributed by atoms with Crippen LogP contribution in [-0.2, 0) is 6.42 Å². The second-order valence-electron chi connectivity index (χ2n) is 4.22. The number of halogens is 1. The molecule has 0 aliphatic carbocycles. The summed E-state index contributed by atoms with van der Waals surface area (Å²) in [6.45, 7) is 3.77. The molecule has 2 nitrogen and oxygen atoms in total. The first-order valence-corrected chi connectivity index (χ1v) is 6.35. The lowest BCUT2D eigenvalue weighted by Crippen LogP contribution is -2.01. The summed E-state index contributed by atoms with van der Waals surface area (Å²) in [6, 6.07) is 9.88. The molecular weight excluding hydrogens is 280 g/mol. The summed E-state index contributed by atoms with van der Waals surface area (Å²) in [5, 5.41) is 10.2. The highest BCUT2D eigenvalue weighted by atomic mass is 79.9. The molecule has 0 saturated carbocycles. The Labute approximate surface area is 109 Å². The van der Waals surface area contributed by atoms with Crippen LogP contribution in [0.4, 0.5) is 0 Å². The summed E-state index contributed by atoms with van der Waals surface area (Å²) in [7, 11) is 0. The highest BCUT2D eigenvalue weighted by Crippen LogP contribution is 2.25. The van der Waals surface area contributed by atoms with Crippen molar-refractivity contribution in [3.63, 3.8) is 0 Å². The van der Waals surface area contributed by atoms with Crippen LogP contribution in [0.5, 0.6) is 0 Å². The summed E-state index contributed by atoms with van der Waals surface area (Å²) in [5.41, 5.74) is 1.98. The second kappa shape index (κ2) is 5.07. The van der Waals surface area contributed by atoms with Crippen LogP contribution in [0.2, 0.25) is 0 Å². The number of benzene rings is 1. The lowest BCUT2D eigenvalue weighted by molar-refractivity contribution is 0.176. The third-order valence-corrected chi connectivity index (χ3v) is 3.25. The van der Waals surface area contributed by atoms with Crippen molar-refractivity contribution >= 4 is 15.9 Å².